The molecule has 0 aromatic heterocycles. The van der Waals surface area contributed by atoms with Gasteiger partial charge in [0.15, 0.2) is 11.6 Å². The zero-order valence-corrected chi connectivity index (χ0v) is 10.3. The van der Waals surface area contributed by atoms with Crippen molar-refractivity contribution in [3.05, 3.63) is 29.8 Å². The number of nitrogens with zero attached hydrogens (tertiary/aromatic N) is 1. The van der Waals surface area contributed by atoms with Crippen LogP contribution in [-0.4, -0.2) is 30.1 Å². The number of hydrogen-bond acceptors (Lipinski definition) is 2. The SMILES string of the molecule is Fc1cccc(NC2CCN3CCCC3C2)c1F. The van der Waals surface area contributed by atoms with Gasteiger partial charge in [-0.25, -0.2) is 8.78 Å². The number of anilines is 1. The minimum absolute atomic E-state index is 0.264. The second-order valence-electron chi connectivity index (χ2n) is 5.30. The summed E-state index contributed by atoms with van der Waals surface area (Å²) in [7, 11) is 0. The first kappa shape index (κ1) is 11.9. The number of halogens is 2. The highest BCUT2D eigenvalue weighted by molar-refractivity contribution is 5.46. The van der Waals surface area contributed by atoms with Gasteiger partial charge in [-0.15, -0.1) is 0 Å². The molecule has 2 aliphatic rings. The lowest BCUT2D eigenvalue weighted by Gasteiger charge is -2.35. The smallest absolute Gasteiger partial charge is 0.181 e. The van der Waals surface area contributed by atoms with E-state index in [1.54, 1.807) is 12.1 Å². The second kappa shape index (κ2) is 4.84. The molecule has 1 aromatic rings. The molecule has 2 aliphatic heterocycles. The average molecular weight is 252 g/mol. The number of piperidine rings is 1. The molecule has 2 heterocycles. The molecule has 2 nitrogen and oxygen atoms in total. The van der Waals surface area contributed by atoms with Crippen molar-refractivity contribution in [1.29, 1.82) is 0 Å². The predicted octanol–water partition coefficient (Wildman–Crippen LogP) is 3.00. The molecule has 0 amide bonds. The number of hydrogen-bond donors (Lipinski definition) is 1. The van der Waals surface area contributed by atoms with Crippen molar-refractivity contribution in [2.45, 2.75) is 37.8 Å². The molecule has 0 saturated carbocycles. The molecule has 2 saturated heterocycles. The van der Waals surface area contributed by atoms with E-state index in [-0.39, 0.29) is 6.04 Å². The van der Waals surface area contributed by atoms with Gasteiger partial charge in [0, 0.05) is 18.6 Å². The van der Waals surface area contributed by atoms with Crippen LogP contribution in [0.5, 0.6) is 0 Å². The summed E-state index contributed by atoms with van der Waals surface area (Å²) >= 11 is 0. The molecule has 3 rings (SSSR count). The minimum Gasteiger partial charge on any atom is -0.380 e. The van der Waals surface area contributed by atoms with Crippen LogP contribution in [0.25, 0.3) is 0 Å². The van der Waals surface area contributed by atoms with Crippen molar-refractivity contribution in [2.24, 2.45) is 0 Å². The van der Waals surface area contributed by atoms with Crippen LogP contribution in [0.2, 0.25) is 0 Å². The Morgan fingerprint density at radius 1 is 1.17 bits per heavy atom. The maximum Gasteiger partial charge on any atom is 0.181 e. The van der Waals surface area contributed by atoms with E-state index in [0.29, 0.717) is 11.7 Å². The molecule has 1 N–H and O–H groups in total. The van der Waals surface area contributed by atoms with Crippen molar-refractivity contribution in [1.82, 2.24) is 4.90 Å². The number of fused-ring (bicyclic) bond motifs is 1. The highest BCUT2D eigenvalue weighted by atomic mass is 19.2. The maximum absolute atomic E-state index is 13.6. The molecular weight excluding hydrogens is 234 g/mol. The molecule has 0 bridgehead atoms. The molecule has 1 aromatic carbocycles. The van der Waals surface area contributed by atoms with Gasteiger partial charge in [-0.2, -0.15) is 0 Å². The van der Waals surface area contributed by atoms with E-state index < -0.39 is 11.6 Å². The van der Waals surface area contributed by atoms with Crippen LogP contribution < -0.4 is 5.32 Å². The van der Waals surface area contributed by atoms with Crippen molar-refractivity contribution in [2.75, 3.05) is 18.4 Å². The predicted molar refractivity (Wildman–Crippen MR) is 67.6 cm³/mol. The summed E-state index contributed by atoms with van der Waals surface area (Å²) in [5, 5.41) is 3.16. The topological polar surface area (TPSA) is 15.3 Å². The van der Waals surface area contributed by atoms with Crippen molar-refractivity contribution in [3.8, 4) is 0 Å². The quantitative estimate of drug-likeness (QED) is 0.870. The molecule has 0 aliphatic carbocycles. The second-order valence-corrected chi connectivity index (χ2v) is 5.30. The van der Waals surface area contributed by atoms with Crippen LogP contribution in [-0.2, 0) is 0 Å². The van der Waals surface area contributed by atoms with Crippen LogP contribution in [0.1, 0.15) is 25.7 Å². The minimum atomic E-state index is -0.779. The Labute approximate surface area is 106 Å². The van der Waals surface area contributed by atoms with Gasteiger partial charge in [0.25, 0.3) is 0 Å². The summed E-state index contributed by atoms with van der Waals surface area (Å²) in [4.78, 5) is 2.51. The van der Waals surface area contributed by atoms with Gasteiger partial charge in [-0.3, -0.25) is 0 Å². The van der Waals surface area contributed by atoms with Gasteiger partial charge in [0.1, 0.15) is 0 Å². The first-order chi connectivity index (χ1) is 8.74. The third-order valence-corrected chi connectivity index (χ3v) is 4.13. The fraction of sp³-hybridized carbons (Fsp3) is 0.571. The molecule has 4 heteroatoms. The lowest BCUT2D eigenvalue weighted by molar-refractivity contribution is 0.188. The Hall–Kier alpha value is -1.16. The molecular formula is C14H18F2N2. The Balaban J connectivity index is 1.68. The monoisotopic (exact) mass is 252 g/mol. The molecule has 0 spiro atoms. The maximum atomic E-state index is 13.6. The Morgan fingerprint density at radius 2 is 2.06 bits per heavy atom. The van der Waals surface area contributed by atoms with E-state index in [1.807, 2.05) is 0 Å². The van der Waals surface area contributed by atoms with Crippen molar-refractivity contribution >= 4 is 5.69 Å². The van der Waals surface area contributed by atoms with Crippen molar-refractivity contribution < 1.29 is 8.78 Å². The van der Waals surface area contributed by atoms with Gasteiger partial charge in [0.05, 0.1) is 5.69 Å². The molecule has 2 unspecified atom stereocenters. The van der Waals surface area contributed by atoms with E-state index in [2.05, 4.69) is 10.2 Å². The standard InChI is InChI=1S/C14H18F2N2/c15-12-4-1-5-13(14(12)16)17-10-6-8-18-7-2-3-11(18)9-10/h1,4-5,10-11,17H,2-3,6-9H2. The van der Waals surface area contributed by atoms with E-state index in [0.717, 1.165) is 25.5 Å². The molecule has 0 radical (unpaired) electrons. The molecule has 2 fully saturated rings. The number of rotatable bonds is 2. The zero-order valence-electron chi connectivity index (χ0n) is 10.3. The number of nitrogens with one attached hydrogen (secondary N) is 1. The summed E-state index contributed by atoms with van der Waals surface area (Å²) in [6.45, 7) is 2.27. The first-order valence-corrected chi connectivity index (χ1v) is 6.68. The van der Waals surface area contributed by atoms with Gasteiger partial charge in [-0.1, -0.05) is 6.07 Å². The number of benzene rings is 1. The van der Waals surface area contributed by atoms with E-state index in [1.165, 1.54) is 19.4 Å². The van der Waals surface area contributed by atoms with Gasteiger partial charge in [0.2, 0.25) is 0 Å². The molecule has 98 valence electrons. The van der Waals surface area contributed by atoms with Crippen LogP contribution in [0.3, 0.4) is 0 Å². The first-order valence-electron chi connectivity index (χ1n) is 6.68. The fourth-order valence-corrected chi connectivity index (χ4v) is 3.19. The van der Waals surface area contributed by atoms with Crippen molar-refractivity contribution in [3.63, 3.8) is 0 Å². The lowest BCUT2D eigenvalue weighted by Crippen LogP contribution is -2.42. The van der Waals surface area contributed by atoms with Gasteiger partial charge < -0.3 is 10.2 Å². The Bertz CT molecular complexity index is 436. The third kappa shape index (κ3) is 2.21. The highest BCUT2D eigenvalue weighted by Gasteiger charge is 2.31. The summed E-state index contributed by atoms with van der Waals surface area (Å²) in [6, 6.07) is 5.21. The Kier molecular flexibility index (Phi) is 3.20. The van der Waals surface area contributed by atoms with E-state index >= 15 is 0 Å². The van der Waals surface area contributed by atoms with Gasteiger partial charge >= 0.3 is 0 Å². The fourth-order valence-electron chi connectivity index (χ4n) is 3.19. The molecule has 2 atom stereocenters. The van der Waals surface area contributed by atoms with E-state index in [9.17, 15) is 8.78 Å². The van der Waals surface area contributed by atoms with Crippen LogP contribution in [0, 0.1) is 11.6 Å². The van der Waals surface area contributed by atoms with Crippen LogP contribution in [0.4, 0.5) is 14.5 Å². The lowest BCUT2D eigenvalue weighted by atomic mass is 9.97. The van der Waals surface area contributed by atoms with E-state index in [4.69, 9.17) is 0 Å². The summed E-state index contributed by atoms with van der Waals surface area (Å²) < 4.78 is 26.7. The van der Waals surface area contributed by atoms with Gasteiger partial charge in [-0.05, 0) is 44.4 Å². The molecule has 18 heavy (non-hydrogen) atoms. The largest absolute Gasteiger partial charge is 0.380 e. The zero-order chi connectivity index (χ0) is 12.5. The summed E-state index contributed by atoms with van der Waals surface area (Å²) in [5.74, 6) is -1.54. The van der Waals surface area contributed by atoms with Crippen LogP contribution >= 0.6 is 0 Å². The van der Waals surface area contributed by atoms with Crippen LogP contribution in [0.15, 0.2) is 18.2 Å². The summed E-state index contributed by atoms with van der Waals surface area (Å²) in [6.07, 6.45) is 4.55. The average Bonchev–Trinajstić information content (AvgIpc) is 2.82. The summed E-state index contributed by atoms with van der Waals surface area (Å²) in [5.41, 5.74) is 0.298. The normalized spacial score (nSPS) is 28.1. The Morgan fingerprint density at radius 3 is 2.94 bits per heavy atom. The third-order valence-electron chi connectivity index (χ3n) is 4.13. The highest BCUT2D eigenvalue weighted by Crippen LogP contribution is 2.29.